The molecule has 1 aliphatic carbocycles. The van der Waals surface area contributed by atoms with Crippen molar-refractivity contribution in [2.24, 2.45) is 17.8 Å². The third-order valence-corrected chi connectivity index (χ3v) is 10.0. The molecule has 40 heavy (non-hydrogen) atoms. The first-order valence-electron chi connectivity index (χ1n) is 14.3. The minimum absolute atomic E-state index is 0.0727. The number of hydrogen-bond acceptors (Lipinski definition) is 8. The fourth-order valence-electron chi connectivity index (χ4n) is 6.20. The number of aliphatic hydroxyl groups is 1. The Labute approximate surface area is 237 Å². The maximum absolute atomic E-state index is 13.6. The molecule has 7 atom stereocenters. The van der Waals surface area contributed by atoms with E-state index in [0.29, 0.717) is 44.2 Å². The fourth-order valence-corrected chi connectivity index (χ4v) is 7.81. The van der Waals surface area contributed by atoms with Gasteiger partial charge in [-0.05, 0) is 61.4 Å². The van der Waals surface area contributed by atoms with Crippen LogP contribution in [0.5, 0.6) is 5.75 Å². The third-order valence-electron chi connectivity index (χ3n) is 8.12. The van der Waals surface area contributed by atoms with Crippen LogP contribution in [0.25, 0.3) is 0 Å². The van der Waals surface area contributed by atoms with Crippen LogP contribution in [0, 0.1) is 17.8 Å². The summed E-state index contributed by atoms with van der Waals surface area (Å²) in [5.74, 6) is 1.36. The summed E-state index contributed by atoms with van der Waals surface area (Å²) in [7, 11) is -2.17. The summed E-state index contributed by atoms with van der Waals surface area (Å²) in [5.41, 5.74) is 1.09. The van der Waals surface area contributed by atoms with E-state index in [1.807, 2.05) is 44.2 Å². The molecule has 1 saturated carbocycles. The molecule has 3 aliphatic rings. The van der Waals surface area contributed by atoms with E-state index in [9.17, 15) is 13.5 Å². The predicted octanol–water partition coefficient (Wildman–Crippen LogP) is 3.38. The van der Waals surface area contributed by atoms with Gasteiger partial charge in [-0.3, -0.25) is 5.32 Å². The van der Waals surface area contributed by atoms with E-state index >= 15 is 0 Å². The van der Waals surface area contributed by atoms with Crippen LogP contribution in [-0.4, -0.2) is 75.6 Å². The van der Waals surface area contributed by atoms with Gasteiger partial charge in [0.05, 0.1) is 30.8 Å². The molecule has 2 aliphatic heterocycles. The lowest BCUT2D eigenvalue weighted by Crippen LogP contribution is -2.50. The summed E-state index contributed by atoms with van der Waals surface area (Å²) in [6.45, 7) is 5.26. The first-order valence-corrected chi connectivity index (χ1v) is 15.7. The molecule has 2 aromatic carbocycles. The Kier molecular flexibility index (Phi) is 9.46. The molecule has 2 heterocycles. The van der Waals surface area contributed by atoms with Crippen LogP contribution in [0.4, 0.5) is 0 Å². The minimum Gasteiger partial charge on any atom is -0.497 e. The molecular weight excluding hydrogens is 532 g/mol. The number of aliphatic hydroxyl groups excluding tert-OH is 1. The summed E-state index contributed by atoms with van der Waals surface area (Å²) in [6, 6.07) is 16.2. The molecule has 2 N–H and O–H groups in total. The summed E-state index contributed by atoms with van der Waals surface area (Å²) < 4.78 is 52.0. The Morgan fingerprint density at radius 1 is 1.07 bits per heavy atom. The second-order valence-electron chi connectivity index (χ2n) is 11.6. The van der Waals surface area contributed by atoms with Crippen molar-refractivity contribution in [2.75, 3.05) is 26.8 Å². The van der Waals surface area contributed by atoms with Crippen LogP contribution < -0.4 is 10.1 Å². The van der Waals surface area contributed by atoms with E-state index < -0.39 is 16.4 Å². The van der Waals surface area contributed by atoms with Crippen LogP contribution in [0.3, 0.4) is 0 Å². The number of sulfonamides is 1. The highest BCUT2D eigenvalue weighted by Gasteiger charge is 2.53. The van der Waals surface area contributed by atoms with Gasteiger partial charge in [0.15, 0.2) is 6.29 Å². The smallest absolute Gasteiger partial charge is 0.243 e. The van der Waals surface area contributed by atoms with Crippen molar-refractivity contribution in [3.63, 3.8) is 0 Å². The quantitative estimate of drug-likeness (QED) is 0.331. The summed E-state index contributed by atoms with van der Waals surface area (Å²) in [5, 5.41) is 14.3. The molecule has 5 rings (SSSR count). The maximum Gasteiger partial charge on any atom is 0.243 e. The van der Waals surface area contributed by atoms with Gasteiger partial charge in [-0.15, -0.1) is 0 Å². The Morgan fingerprint density at radius 2 is 1.82 bits per heavy atom. The van der Waals surface area contributed by atoms with E-state index in [0.717, 1.165) is 18.4 Å². The molecule has 7 unspecified atom stereocenters. The minimum atomic E-state index is -3.73. The van der Waals surface area contributed by atoms with Crippen molar-refractivity contribution in [3.05, 3.63) is 60.2 Å². The number of ether oxygens (including phenoxy) is 4. The van der Waals surface area contributed by atoms with Crippen molar-refractivity contribution in [1.29, 1.82) is 0 Å². The van der Waals surface area contributed by atoms with Crippen LogP contribution in [0.15, 0.2) is 59.5 Å². The van der Waals surface area contributed by atoms with E-state index in [4.69, 9.17) is 18.9 Å². The van der Waals surface area contributed by atoms with E-state index in [1.165, 1.54) is 4.31 Å². The second kappa shape index (κ2) is 12.9. The standard InChI is InChI=1S/C30H42N2O7S/c1-20(2)18-32(40(34,35)26-11-9-25(36-3)10-12-26)14-13-24(15-21-7-5-4-6-8-21)31-30(33)39-28-23-16-22-17-27(28)38-29(22)37-19-23/h4-12,20,22-24,27-31,33H,13-19H2,1-3H3. The van der Waals surface area contributed by atoms with Crippen molar-refractivity contribution >= 4 is 10.0 Å². The molecule has 0 amide bonds. The summed E-state index contributed by atoms with van der Waals surface area (Å²) >= 11 is 0. The number of fused-ring (bicyclic) bond motifs is 2. The SMILES string of the molecule is COc1ccc(S(=O)(=O)N(CCC(Cc2ccccc2)NC(O)OC2C3COC4OC2CC4C3)CC(C)C)cc1. The first kappa shape index (κ1) is 29.4. The molecule has 3 fully saturated rings. The van der Waals surface area contributed by atoms with E-state index in [1.54, 1.807) is 31.4 Å². The number of methoxy groups -OCH3 is 1. The lowest BCUT2D eigenvalue weighted by atomic mass is 9.78. The first-order chi connectivity index (χ1) is 19.2. The largest absolute Gasteiger partial charge is 0.497 e. The molecule has 0 spiro atoms. The fraction of sp³-hybridized carbons (Fsp3) is 0.600. The highest BCUT2D eigenvalue weighted by atomic mass is 32.2. The third kappa shape index (κ3) is 6.87. The van der Waals surface area contributed by atoms with Crippen molar-refractivity contribution in [3.8, 4) is 5.75 Å². The second-order valence-corrected chi connectivity index (χ2v) is 13.5. The Bertz CT molecular complexity index is 1190. The molecular formula is C30H42N2O7S. The van der Waals surface area contributed by atoms with Gasteiger partial charge in [-0.25, -0.2) is 8.42 Å². The number of rotatable bonds is 14. The lowest BCUT2D eigenvalue weighted by molar-refractivity contribution is -0.199. The van der Waals surface area contributed by atoms with Gasteiger partial charge in [0.1, 0.15) is 5.75 Å². The number of nitrogens with one attached hydrogen (secondary N) is 1. The average molecular weight is 575 g/mol. The number of hydrogen-bond donors (Lipinski definition) is 2. The highest BCUT2D eigenvalue weighted by Crippen LogP contribution is 2.46. The molecule has 10 heteroatoms. The molecule has 0 radical (unpaired) electrons. The highest BCUT2D eigenvalue weighted by molar-refractivity contribution is 7.89. The summed E-state index contributed by atoms with van der Waals surface area (Å²) in [6.07, 6.45) is 1.30. The topological polar surface area (TPSA) is 107 Å². The van der Waals surface area contributed by atoms with Crippen LogP contribution in [-0.2, 0) is 30.7 Å². The van der Waals surface area contributed by atoms with Crippen LogP contribution in [0.1, 0.15) is 38.7 Å². The number of nitrogens with zero attached hydrogens (tertiary/aromatic N) is 1. The van der Waals surface area contributed by atoms with E-state index in [2.05, 4.69) is 5.32 Å². The van der Waals surface area contributed by atoms with Crippen molar-refractivity contribution < 1.29 is 32.5 Å². The molecule has 3 bridgehead atoms. The van der Waals surface area contributed by atoms with Gasteiger partial charge in [0, 0.05) is 31.0 Å². The summed E-state index contributed by atoms with van der Waals surface area (Å²) in [4.78, 5) is 0.231. The monoisotopic (exact) mass is 574 g/mol. The van der Waals surface area contributed by atoms with Crippen LogP contribution in [0.2, 0.25) is 0 Å². The normalized spacial score (nSPS) is 27.3. The van der Waals surface area contributed by atoms with E-state index in [-0.39, 0.29) is 41.3 Å². The number of benzene rings is 2. The zero-order chi connectivity index (χ0) is 28.3. The average Bonchev–Trinajstić information content (AvgIpc) is 3.24. The Morgan fingerprint density at radius 3 is 2.52 bits per heavy atom. The van der Waals surface area contributed by atoms with Gasteiger partial charge in [0.2, 0.25) is 16.4 Å². The molecule has 2 saturated heterocycles. The lowest BCUT2D eigenvalue weighted by Gasteiger charge is -2.38. The molecule has 0 aromatic heterocycles. The zero-order valence-electron chi connectivity index (χ0n) is 23.5. The Balaban J connectivity index is 1.28. The van der Waals surface area contributed by atoms with Gasteiger partial charge in [0.25, 0.3) is 0 Å². The molecule has 9 nitrogen and oxygen atoms in total. The zero-order valence-corrected chi connectivity index (χ0v) is 24.3. The predicted molar refractivity (Wildman–Crippen MR) is 150 cm³/mol. The van der Waals surface area contributed by atoms with Crippen molar-refractivity contribution in [1.82, 2.24) is 9.62 Å². The maximum atomic E-state index is 13.6. The van der Waals surface area contributed by atoms with Gasteiger partial charge < -0.3 is 24.1 Å². The Hall–Kier alpha value is -2.05. The van der Waals surface area contributed by atoms with Gasteiger partial charge in [-0.1, -0.05) is 44.2 Å². The van der Waals surface area contributed by atoms with Gasteiger partial charge in [-0.2, -0.15) is 4.31 Å². The molecule has 220 valence electrons. The van der Waals surface area contributed by atoms with Gasteiger partial charge >= 0.3 is 0 Å². The van der Waals surface area contributed by atoms with Crippen molar-refractivity contribution in [2.45, 2.75) is 75.4 Å². The molecule has 2 aromatic rings. The van der Waals surface area contributed by atoms with Crippen LogP contribution >= 0.6 is 0 Å².